The zero-order chi connectivity index (χ0) is 23.3. The highest BCUT2D eigenvalue weighted by atomic mass is 16.7. The quantitative estimate of drug-likeness (QED) is 0.511. The van der Waals surface area contributed by atoms with Crippen molar-refractivity contribution in [2.75, 3.05) is 7.11 Å². The minimum atomic E-state index is -1.90. The van der Waals surface area contributed by atoms with E-state index in [2.05, 4.69) is 5.32 Å². The number of carboxylic acids is 1. The molecular weight excluding hydrogens is 422 g/mol. The Labute approximate surface area is 191 Å². The van der Waals surface area contributed by atoms with Crippen molar-refractivity contribution in [2.24, 2.45) is 0 Å². The largest absolute Gasteiger partial charge is 0.481 e. The summed E-state index contributed by atoms with van der Waals surface area (Å²) in [4.78, 5) is 25.8. The SMILES string of the molecule is COC(Cc1ccccc1)NC(=O)C1(Oc2ccccc2)CC(C(=O)O)c2ccccc2O1. The number of ether oxygens (including phenoxy) is 3. The maximum atomic E-state index is 13.6. The van der Waals surface area contributed by atoms with Crippen LogP contribution in [0, 0.1) is 0 Å². The van der Waals surface area contributed by atoms with Gasteiger partial charge in [0, 0.05) is 19.1 Å². The van der Waals surface area contributed by atoms with Crippen LogP contribution in [0.4, 0.5) is 0 Å². The van der Waals surface area contributed by atoms with Crippen molar-refractivity contribution in [1.29, 1.82) is 0 Å². The fourth-order valence-corrected chi connectivity index (χ4v) is 3.88. The summed E-state index contributed by atoms with van der Waals surface area (Å²) in [5.41, 5.74) is 1.47. The molecular formula is C26H25NO6. The Bertz CT molecular complexity index is 1100. The molecule has 3 atom stereocenters. The zero-order valence-electron chi connectivity index (χ0n) is 18.1. The number of rotatable bonds is 8. The van der Waals surface area contributed by atoms with Crippen LogP contribution in [-0.2, 0) is 20.7 Å². The van der Waals surface area contributed by atoms with E-state index >= 15 is 0 Å². The molecule has 3 aromatic rings. The van der Waals surface area contributed by atoms with E-state index in [1.807, 2.05) is 36.4 Å². The van der Waals surface area contributed by atoms with Gasteiger partial charge in [-0.25, -0.2) is 0 Å². The van der Waals surface area contributed by atoms with Crippen LogP contribution in [-0.4, -0.2) is 36.1 Å². The number of aliphatic carboxylic acids is 1. The van der Waals surface area contributed by atoms with Gasteiger partial charge in [-0.2, -0.15) is 0 Å². The Morgan fingerprint density at radius 3 is 2.33 bits per heavy atom. The van der Waals surface area contributed by atoms with E-state index in [4.69, 9.17) is 14.2 Å². The number of hydrogen-bond donors (Lipinski definition) is 2. The van der Waals surface area contributed by atoms with Crippen LogP contribution in [0.3, 0.4) is 0 Å². The first-order valence-corrected chi connectivity index (χ1v) is 10.6. The van der Waals surface area contributed by atoms with Crippen molar-refractivity contribution in [1.82, 2.24) is 5.32 Å². The molecule has 1 aliphatic heterocycles. The average Bonchev–Trinajstić information content (AvgIpc) is 2.84. The summed E-state index contributed by atoms with van der Waals surface area (Å²) in [6.07, 6.45) is -0.453. The summed E-state index contributed by atoms with van der Waals surface area (Å²) < 4.78 is 17.7. The number of para-hydroxylation sites is 2. The number of carboxylic acid groups (broad SMARTS) is 1. The molecule has 3 aromatic carbocycles. The molecule has 1 amide bonds. The van der Waals surface area contributed by atoms with Crippen LogP contribution in [0.1, 0.15) is 23.5 Å². The highest BCUT2D eigenvalue weighted by Gasteiger charge is 2.52. The second-order valence-corrected chi connectivity index (χ2v) is 7.79. The maximum Gasteiger partial charge on any atom is 0.333 e. The molecule has 7 nitrogen and oxygen atoms in total. The lowest BCUT2D eigenvalue weighted by atomic mass is 9.87. The van der Waals surface area contributed by atoms with Crippen LogP contribution < -0.4 is 14.8 Å². The predicted octanol–water partition coefficient (Wildman–Crippen LogP) is 3.74. The Balaban J connectivity index is 1.67. The average molecular weight is 447 g/mol. The number of fused-ring (bicyclic) bond motifs is 1. The molecule has 0 radical (unpaired) electrons. The number of hydrogen-bond acceptors (Lipinski definition) is 5. The normalized spacial score (nSPS) is 20.1. The minimum Gasteiger partial charge on any atom is -0.481 e. The van der Waals surface area contributed by atoms with E-state index in [0.29, 0.717) is 23.5 Å². The van der Waals surface area contributed by atoms with Crippen molar-refractivity contribution in [3.05, 3.63) is 96.1 Å². The molecule has 0 aromatic heterocycles. The molecule has 0 aliphatic carbocycles. The fourth-order valence-electron chi connectivity index (χ4n) is 3.88. The second-order valence-electron chi connectivity index (χ2n) is 7.79. The fraction of sp³-hybridized carbons (Fsp3) is 0.231. The Morgan fingerprint density at radius 1 is 1.03 bits per heavy atom. The van der Waals surface area contributed by atoms with Gasteiger partial charge in [0.15, 0.2) is 0 Å². The van der Waals surface area contributed by atoms with Crippen LogP contribution >= 0.6 is 0 Å². The Kier molecular flexibility index (Phi) is 6.60. The first kappa shape index (κ1) is 22.4. The lowest BCUT2D eigenvalue weighted by molar-refractivity contribution is -0.179. The third kappa shape index (κ3) is 4.99. The van der Waals surface area contributed by atoms with Crippen molar-refractivity contribution >= 4 is 11.9 Å². The van der Waals surface area contributed by atoms with Crippen LogP contribution in [0.25, 0.3) is 0 Å². The minimum absolute atomic E-state index is 0.207. The summed E-state index contributed by atoms with van der Waals surface area (Å²) in [6.45, 7) is 0. The van der Waals surface area contributed by atoms with Crippen LogP contribution in [0.15, 0.2) is 84.9 Å². The van der Waals surface area contributed by atoms with Crippen molar-refractivity contribution in [3.8, 4) is 11.5 Å². The molecule has 2 N–H and O–H groups in total. The molecule has 7 heteroatoms. The smallest absolute Gasteiger partial charge is 0.333 e. The van der Waals surface area contributed by atoms with Crippen LogP contribution in [0.5, 0.6) is 11.5 Å². The summed E-state index contributed by atoms with van der Waals surface area (Å²) in [6, 6.07) is 25.1. The highest BCUT2D eigenvalue weighted by molar-refractivity contribution is 5.88. The van der Waals surface area contributed by atoms with Crippen molar-refractivity contribution < 1.29 is 28.9 Å². The van der Waals surface area contributed by atoms with Gasteiger partial charge in [-0.1, -0.05) is 66.7 Å². The summed E-state index contributed by atoms with van der Waals surface area (Å²) in [7, 11) is 1.50. The van der Waals surface area contributed by atoms with Gasteiger partial charge in [-0.05, 0) is 23.8 Å². The molecule has 0 bridgehead atoms. The lowest BCUT2D eigenvalue weighted by Crippen LogP contribution is -2.60. The Hall–Kier alpha value is -3.84. The molecule has 170 valence electrons. The van der Waals surface area contributed by atoms with Gasteiger partial charge < -0.3 is 24.6 Å². The van der Waals surface area contributed by atoms with Gasteiger partial charge in [0.05, 0.1) is 12.3 Å². The number of benzene rings is 3. The lowest BCUT2D eigenvalue weighted by Gasteiger charge is -2.39. The molecule has 3 unspecified atom stereocenters. The standard InChI is InChI=1S/C26H25NO6/c1-31-23(16-18-10-4-2-5-11-18)27-25(30)26(32-19-12-6-3-7-13-19)17-21(24(28)29)20-14-8-9-15-22(20)33-26/h2-15,21,23H,16-17H2,1H3,(H,27,30)(H,28,29). The van der Waals surface area contributed by atoms with Gasteiger partial charge in [0.2, 0.25) is 0 Å². The van der Waals surface area contributed by atoms with E-state index in [1.165, 1.54) is 7.11 Å². The van der Waals surface area contributed by atoms with Gasteiger partial charge >= 0.3 is 17.7 Å². The van der Waals surface area contributed by atoms with Crippen molar-refractivity contribution in [3.63, 3.8) is 0 Å². The van der Waals surface area contributed by atoms with E-state index in [9.17, 15) is 14.7 Å². The van der Waals surface area contributed by atoms with Gasteiger partial charge in [-0.15, -0.1) is 0 Å². The molecule has 0 spiro atoms. The summed E-state index contributed by atoms with van der Waals surface area (Å²) in [5.74, 6) is -3.89. The summed E-state index contributed by atoms with van der Waals surface area (Å²) >= 11 is 0. The molecule has 1 aliphatic rings. The number of carbonyl (C=O) groups excluding carboxylic acids is 1. The van der Waals surface area contributed by atoms with E-state index in [-0.39, 0.29) is 6.42 Å². The van der Waals surface area contributed by atoms with Crippen LogP contribution in [0.2, 0.25) is 0 Å². The van der Waals surface area contributed by atoms with Crippen molar-refractivity contribution in [2.45, 2.75) is 30.8 Å². The molecule has 0 fully saturated rings. The number of carbonyl (C=O) groups is 2. The molecule has 33 heavy (non-hydrogen) atoms. The monoisotopic (exact) mass is 447 g/mol. The maximum absolute atomic E-state index is 13.6. The van der Waals surface area contributed by atoms with Gasteiger partial charge in [0.1, 0.15) is 17.7 Å². The predicted molar refractivity (Wildman–Crippen MR) is 121 cm³/mol. The highest BCUT2D eigenvalue weighted by Crippen LogP contribution is 2.42. The second kappa shape index (κ2) is 9.75. The van der Waals surface area contributed by atoms with E-state index in [1.54, 1.807) is 48.5 Å². The summed E-state index contributed by atoms with van der Waals surface area (Å²) in [5, 5.41) is 12.8. The zero-order valence-corrected chi connectivity index (χ0v) is 18.1. The number of amides is 1. The number of methoxy groups -OCH3 is 1. The molecule has 1 heterocycles. The molecule has 0 saturated carbocycles. The van der Waals surface area contributed by atoms with E-state index < -0.39 is 29.8 Å². The van der Waals surface area contributed by atoms with E-state index in [0.717, 1.165) is 5.56 Å². The Morgan fingerprint density at radius 2 is 1.67 bits per heavy atom. The topological polar surface area (TPSA) is 94.1 Å². The first-order valence-electron chi connectivity index (χ1n) is 10.6. The first-order chi connectivity index (χ1) is 16.0. The van der Waals surface area contributed by atoms with Gasteiger partial charge in [0.25, 0.3) is 0 Å². The molecule has 4 rings (SSSR count). The number of nitrogens with one attached hydrogen (secondary N) is 1. The van der Waals surface area contributed by atoms with Gasteiger partial charge in [-0.3, -0.25) is 9.59 Å². The third-order valence-corrected chi connectivity index (χ3v) is 5.55. The molecule has 0 saturated heterocycles. The third-order valence-electron chi connectivity index (χ3n) is 5.55.